The van der Waals surface area contributed by atoms with Crippen LogP contribution in [0.15, 0.2) is 316 Å². The molecule has 3 aliphatic rings. The molecular formula is C113H86O14. The third kappa shape index (κ3) is 18.1. The molecule has 16 aromatic carbocycles. The first-order valence-electron chi connectivity index (χ1n) is 41.9. The van der Waals surface area contributed by atoms with E-state index >= 15 is 0 Å². The van der Waals surface area contributed by atoms with Gasteiger partial charge in [-0.25, -0.2) is 0 Å². The van der Waals surface area contributed by atoms with E-state index in [2.05, 4.69) is 60.7 Å². The van der Waals surface area contributed by atoms with Crippen molar-refractivity contribution < 1.29 is 66.7 Å². The standard InChI is InChI=1S/C41H30O6.C41H30O4.C31H26O4/c1-44-32-17-11-26(12-18-32)36(42)21-15-30-23-28-7-3-5-9-34(28)38-39-35-10-6-4-8-29(35)24-31(41(39)47-25-46-40(30)38)16-22-37(43)27-13-19-33(45-2)20-14-27;1-26-3-11-32(12-4-26)36(42)19-9-28-7-15-30-17-21-38-40(34(30)23-28)41-35-24-29(8-16-31(35)18-22-39(41)45-25-44-38)10-20-37(43)33-13-5-27(2)6-14-33;1-3-24(32)11-5-20-7-13-26-22(17-20)9-15-28-30(26)31-27-14-8-21(6-12-25(33)4-2)18-23(27)10-16-29(31)35-19-34-28/h3-24H,25H2,1-2H3;3-24H,25H2,1-2H3;5-18H,3-4,19H2,1-2H3/b21-15-,22-16-;19-9-,20-10-;11-5-,12-6-. The molecule has 622 valence electrons. The summed E-state index contributed by atoms with van der Waals surface area (Å²) in [5.74, 6) is 5.42. The highest BCUT2D eigenvalue weighted by Crippen LogP contribution is 2.53. The lowest BCUT2D eigenvalue weighted by molar-refractivity contribution is -0.115. The van der Waals surface area contributed by atoms with Crippen molar-refractivity contribution in [3.8, 4) is 79.4 Å². The fourth-order valence-electron chi connectivity index (χ4n) is 16.1. The van der Waals surface area contributed by atoms with E-state index in [1.165, 1.54) is 0 Å². The molecule has 3 heterocycles. The number of ketones is 6. The topological polar surface area (TPSA) is 176 Å². The minimum Gasteiger partial charge on any atom is -0.497 e. The highest BCUT2D eigenvalue weighted by Gasteiger charge is 2.29. The summed E-state index contributed by atoms with van der Waals surface area (Å²) in [4.78, 5) is 75.5. The van der Waals surface area contributed by atoms with Gasteiger partial charge in [0.15, 0.2) is 34.7 Å². The van der Waals surface area contributed by atoms with Gasteiger partial charge >= 0.3 is 0 Å². The van der Waals surface area contributed by atoms with Crippen LogP contribution in [0.1, 0.15) is 113 Å². The minimum atomic E-state index is -0.140. The number of hydrogen-bond donors (Lipinski definition) is 0. The molecule has 0 fully saturated rings. The first-order valence-corrected chi connectivity index (χ1v) is 41.9. The van der Waals surface area contributed by atoms with Gasteiger partial charge in [0, 0.05) is 79.6 Å². The highest BCUT2D eigenvalue weighted by atomic mass is 16.7. The average Bonchev–Trinajstić information content (AvgIpc) is 1.73. The lowest BCUT2D eigenvalue weighted by Crippen LogP contribution is -2.05. The van der Waals surface area contributed by atoms with Crippen molar-refractivity contribution in [1.82, 2.24) is 0 Å². The lowest BCUT2D eigenvalue weighted by Gasteiger charge is -2.17. The van der Waals surface area contributed by atoms with Crippen molar-refractivity contribution in [2.24, 2.45) is 0 Å². The lowest BCUT2D eigenvalue weighted by atomic mass is 9.88. The van der Waals surface area contributed by atoms with Crippen molar-refractivity contribution in [3.05, 3.63) is 382 Å². The molecule has 0 bridgehead atoms. The summed E-state index contributed by atoms with van der Waals surface area (Å²) >= 11 is 0. The number of fused-ring (bicyclic) bond motifs is 21. The Hall–Kier alpha value is -16.1. The second-order valence-electron chi connectivity index (χ2n) is 31.0. The van der Waals surface area contributed by atoms with Gasteiger partial charge in [-0.05, 0) is 259 Å². The molecule has 0 N–H and O–H groups in total. The molecular weight excluding hydrogens is 1580 g/mol. The smallest absolute Gasteiger partial charge is 0.231 e. The molecule has 0 aliphatic carbocycles. The Morgan fingerprint density at radius 2 is 0.567 bits per heavy atom. The van der Waals surface area contributed by atoms with Crippen molar-refractivity contribution >= 4 is 136 Å². The molecule has 0 unspecified atom stereocenters. The monoisotopic (exact) mass is 1670 g/mol. The van der Waals surface area contributed by atoms with Gasteiger partial charge in [-0.15, -0.1) is 0 Å². The molecule has 16 aromatic rings. The van der Waals surface area contributed by atoms with Crippen molar-refractivity contribution in [1.29, 1.82) is 0 Å². The molecule has 0 aromatic heterocycles. The molecule has 0 saturated carbocycles. The van der Waals surface area contributed by atoms with E-state index in [-0.39, 0.29) is 55.1 Å². The van der Waals surface area contributed by atoms with E-state index in [0.29, 0.717) is 58.1 Å². The van der Waals surface area contributed by atoms with Crippen LogP contribution in [0, 0.1) is 13.8 Å². The number of ether oxygens (including phenoxy) is 8. The number of aryl methyl sites for hydroxylation is 2. The van der Waals surface area contributed by atoms with Gasteiger partial charge in [-0.1, -0.05) is 219 Å². The minimum absolute atomic E-state index is 0.0449. The van der Waals surface area contributed by atoms with E-state index in [1.807, 2.05) is 222 Å². The van der Waals surface area contributed by atoms with Gasteiger partial charge < -0.3 is 37.9 Å². The van der Waals surface area contributed by atoms with Gasteiger partial charge in [0.1, 0.15) is 46.0 Å². The fraction of sp³-hybridized carbons (Fsp3) is 0.0973. The predicted octanol–water partition coefficient (Wildman–Crippen LogP) is 26.4. The number of carbonyl (C=O) groups excluding carboxylic acids is 6. The molecule has 127 heavy (non-hydrogen) atoms. The summed E-state index contributed by atoms with van der Waals surface area (Å²) < 4.78 is 47.4. The van der Waals surface area contributed by atoms with Gasteiger partial charge in [-0.3, -0.25) is 28.8 Å². The van der Waals surface area contributed by atoms with Crippen LogP contribution in [0.3, 0.4) is 0 Å². The summed E-state index contributed by atoms with van der Waals surface area (Å²) in [5.41, 5.74) is 15.5. The number of hydrogen-bond acceptors (Lipinski definition) is 14. The summed E-state index contributed by atoms with van der Waals surface area (Å²) in [5, 5.41) is 12.2. The summed E-state index contributed by atoms with van der Waals surface area (Å²) in [6, 6.07) is 90.2. The van der Waals surface area contributed by atoms with Crippen molar-refractivity contribution in [2.75, 3.05) is 34.6 Å². The van der Waals surface area contributed by atoms with E-state index in [0.717, 1.165) is 166 Å². The molecule has 0 amide bonds. The largest absolute Gasteiger partial charge is 0.497 e. The van der Waals surface area contributed by atoms with Crippen LogP contribution >= 0.6 is 0 Å². The number of rotatable bonds is 20. The summed E-state index contributed by atoms with van der Waals surface area (Å²) in [6.45, 7) is 7.89. The Bertz CT molecular complexity index is 6830. The Morgan fingerprint density at radius 3 is 0.937 bits per heavy atom. The van der Waals surface area contributed by atoms with Gasteiger partial charge in [0.05, 0.1) is 14.2 Å². The Morgan fingerprint density at radius 1 is 0.276 bits per heavy atom. The SMILES string of the molecule is CCC(=O)/C=C\c1ccc2c3c(ccc2c1)OCOc1ccc2cc(/C=C\C(=O)CC)ccc2c1-3.COc1ccc(C(=O)/C=C\c2cc3ccccc3c3c2OCOc2c(/C=C\C(=O)c4ccc(OC)cc4)cc4ccccc4c2-3)cc1.Cc1ccc(C(=O)/C=C\c2ccc3ccc4c(c3c2)-c2c(ccc3ccc(/C=C\C(=O)c5ccc(C)cc5)cc23)OCO4)cc1. The van der Waals surface area contributed by atoms with Crippen molar-refractivity contribution in [3.63, 3.8) is 0 Å². The van der Waals surface area contributed by atoms with Crippen LogP contribution in [0.4, 0.5) is 0 Å². The second-order valence-corrected chi connectivity index (χ2v) is 31.0. The van der Waals surface area contributed by atoms with Crippen molar-refractivity contribution in [2.45, 2.75) is 40.5 Å². The molecule has 3 aliphatic heterocycles. The zero-order chi connectivity index (χ0) is 87.6. The van der Waals surface area contributed by atoms with Crippen LogP contribution in [-0.2, 0) is 9.59 Å². The number of carbonyl (C=O) groups is 6. The average molecular weight is 1670 g/mol. The highest BCUT2D eigenvalue weighted by molar-refractivity contribution is 6.17. The second kappa shape index (κ2) is 37.3. The number of allylic oxidation sites excluding steroid dienone is 6. The zero-order valence-electron chi connectivity index (χ0n) is 70.7. The summed E-state index contributed by atoms with van der Waals surface area (Å²) in [7, 11) is 3.18. The third-order valence-electron chi connectivity index (χ3n) is 22.8. The maximum atomic E-state index is 13.2. The van der Waals surface area contributed by atoms with Gasteiger partial charge in [0.25, 0.3) is 0 Å². The van der Waals surface area contributed by atoms with Gasteiger partial charge in [-0.2, -0.15) is 0 Å². The first-order chi connectivity index (χ1) is 62.0. The molecule has 0 saturated heterocycles. The zero-order valence-corrected chi connectivity index (χ0v) is 70.7. The van der Waals surface area contributed by atoms with E-state index < -0.39 is 0 Å². The summed E-state index contributed by atoms with van der Waals surface area (Å²) in [6.07, 6.45) is 21.6. The third-order valence-corrected chi connectivity index (χ3v) is 22.8. The Labute approximate surface area is 734 Å². The predicted molar refractivity (Wildman–Crippen MR) is 510 cm³/mol. The molecule has 0 spiro atoms. The normalized spacial score (nSPS) is 12.5. The van der Waals surface area contributed by atoms with Crippen LogP contribution in [-0.4, -0.2) is 69.3 Å². The number of methoxy groups -OCH3 is 2. The quantitative estimate of drug-likeness (QED) is 0.0520. The molecule has 14 heteroatoms. The van der Waals surface area contributed by atoms with Crippen LogP contribution in [0.5, 0.6) is 46.0 Å². The van der Waals surface area contributed by atoms with Crippen LogP contribution in [0.25, 0.3) is 134 Å². The van der Waals surface area contributed by atoms with Crippen LogP contribution in [0.2, 0.25) is 0 Å². The molecule has 19 rings (SSSR count). The first kappa shape index (κ1) is 83.2. The van der Waals surface area contributed by atoms with Gasteiger partial charge in [0.2, 0.25) is 20.4 Å². The Kier molecular flexibility index (Phi) is 24.5. The van der Waals surface area contributed by atoms with E-state index in [9.17, 15) is 28.8 Å². The maximum absolute atomic E-state index is 13.2. The molecule has 0 radical (unpaired) electrons. The number of benzene rings is 16. The molecule has 0 atom stereocenters. The van der Waals surface area contributed by atoms with E-state index in [1.54, 1.807) is 111 Å². The van der Waals surface area contributed by atoms with Crippen LogP contribution < -0.4 is 37.9 Å². The fourth-order valence-corrected chi connectivity index (χ4v) is 16.1. The maximum Gasteiger partial charge on any atom is 0.231 e. The van der Waals surface area contributed by atoms with E-state index in [4.69, 9.17) is 37.9 Å². The Balaban J connectivity index is 0.000000136. The molecule has 14 nitrogen and oxygen atoms in total.